The Labute approximate surface area is 123 Å². The third-order valence-corrected chi connectivity index (χ3v) is 6.26. The van der Waals surface area contributed by atoms with Gasteiger partial charge >= 0.3 is 0 Å². The lowest BCUT2D eigenvalue weighted by molar-refractivity contribution is -0.206. The first-order valence-corrected chi connectivity index (χ1v) is 8.38. The average molecular weight is 281 g/mol. The van der Waals surface area contributed by atoms with Gasteiger partial charge in [0.1, 0.15) is 0 Å². The molecule has 5 unspecified atom stereocenters. The molecular formula is C17H31NO2. The first kappa shape index (κ1) is 14.8. The maximum atomic E-state index is 6.00. The summed E-state index contributed by atoms with van der Waals surface area (Å²) >= 11 is 0. The zero-order chi connectivity index (χ0) is 14.5. The fraction of sp³-hybridized carbons (Fsp3) is 1.00. The lowest BCUT2D eigenvalue weighted by atomic mass is 9.54. The second-order valence-corrected chi connectivity index (χ2v) is 8.12. The number of ether oxygens (including phenoxy) is 2. The molecule has 1 saturated heterocycles. The molecule has 0 aromatic rings. The Balaban J connectivity index is 1.61. The predicted octanol–water partition coefficient (Wildman–Crippen LogP) is 2.98. The molecule has 3 rings (SSSR count). The Morgan fingerprint density at radius 3 is 2.60 bits per heavy atom. The molecule has 20 heavy (non-hydrogen) atoms. The van der Waals surface area contributed by atoms with Crippen LogP contribution in [0, 0.1) is 16.7 Å². The minimum absolute atomic E-state index is 0.257. The van der Waals surface area contributed by atoms with Gasteiger partial charge in [-0.05, 0) is 26.2 Å². The Bertz CT molecular complexity index is 366. The summed E-state index contributed by atoms with van der Waals surface area (Å²) in [6.45, 7) is 13.3. The zero-order valence-electron chi connectivity index (χ0n) is 13.7. The molecule has 0 bridgehead atoms. The van der Waals surface area contributed by atoms with E-state index in [0.717, 1.165) is 25.6 Å². The van der Waals surface area contributed by atoms with Gasteiger partial charge in [-0.25, -0.2) is 0 Å². The van der Waals surface area contributed by atoms with Gasteiger partial charge in [0.05, 0.1) is 12.2 Å². The van der Waals surface area contributed by atoms with Gasteiger partial charge in [-0.3, -0.25) is 0 Å². The van der Waals surface area contributed by atoms with Gasteiger partial charge in [0.2, 0.25) is 0 Å². The van der Waals surface area contributed by atoms with Crippen molar-refractivity contribution in [2.24, 2.45) is 16.7 Å². The van der Waals surface area contributed by atoms with Crippen molar-refractivity contribution in [3.05, 3.63) is 0 Å². The number of fused-ring (bicyclic) bond motifs is 1. The van der Waals surface area contributed by atoms with Crippen LogP contribution in [0.1, 0.15) is 53.9 Å². The van der Waals surface area contributed by atoms with Crippen LogP contribution in [-0.2, 0) is 9.47 Å². The van der Waals surface area contributed by atoms with Crippen molar-refractivity contribution in [3.63, 3.8) is 0 Å². The molecule has 0 aromatic heterocycles. The van der Waals surface area contributed by atoms with E-state index < -0.39 is 0 Å². The molecule has 0 spiro atoms. The smallest absolute Gasteiger partial charge is 0.0684 e. The van der Waals surface area contributed by atoms with Crippen LogP contribution in [0.2, 0.25) is 0 Å². The first-order chi connectivity index (χ1) is 9.39. The Morgan fingerprint density at radius 2 is 1.95 bits per heavy atom. The highest BCUT2D eigenvalue weighted by atomic mass is 16.5. The molecular weight excluding hydrogens is 250 g/mol. The molecule has 2 saturated carbocycles. The molecule has 1 aliphatic heterocycles. The van der Waals surface area contributed by atoms with E-state index in [9.17, 15) is 0 Å². The van der Waals surface area contributed by atoms with E-state index in [1.807, 2.05) is 0 Å². The van der Waals surface area contributed by atoms with Crippen molar-refractivity contribution >= 4 is 0 Å². The van der Waals surface area contributed by atoms with Gasteiger partial charge in [0, 0.05) is 42.0 Å². The van der Waals surface area contributed by atoms with Crippen molar-refractivity contribution in [1.29, 1.82) is 0 Å². The average Bonchev–Trinajstić information content (AvgIpc) is 2.41. The van der Waals surface area contributed by atoms with Crippen molar-refractivity contribution in [3.8, 4) is 0 Å². The van der Waals surface area contributed by atoms with Gasteiger partial charge in [-0.15, -0.1) is 0 Å². The van der Waals surface area contributed by atoms with Crippen molar-refractivity contribution < 1.29 is 9.47 Å². The van der Waals surface area contributed by atoms with Crippen LogP contribution in [0.5, 0.6) is 0 Å². The Hall–Kier alpha value is -0.120. The molecule has 1 N–H and O–H groups in total. The molecule has 5 atom stereocenters. The highest BCUT2D eigenvalue weighted by Gasteiger charge is 2.60. The van der Waals surface area contributed by atoms with E-state index in [-0.39, 0.29) is 10.8 Å². The van der Waals surface area contributed by atoms with E-state index in [0.29, 0.717) is 24.3 Å². The number of hydrogen-bond acceptors (Lipinski definition) is 3. The van der Waals surface area contributed by atoms with Crippen LogP contribution in [0.15, 0.2) is 0 Å². The maximum absolute atomic E-state index is 6.00. The standard InChI is InChI=1S/C17H31NO2/c1-6-19-13-10-12(16(13,2)3)18-14-11-8-7-9-20-15(11)17(14,4)5/h11-15,18H,6-10H2,1-5H3. The first-order valence-electron chi connectivity index (χ1n) is 8.38. The molecule has 0 aromatic carbocycles. The summed E-state index contributed by atoms with van der Waals surface area (Å²) in [4.78, 5) is 0. The normalized spacial score (nSPS) is 45.1. The van der Waals surface area contributed by atoms with Crippen LogP contribution < -0.4 is 5.32 Å². The summed E-state index contributed by atoms with van der Waals surface area (Å²) < 4.78 is 11.9. The molecule has 3 heteroatoms. The topological polar surface area (TPSA) is 30.5 Å². The summed E-state index contributed by atoms with van der Waals surface area (Å²) in [6, 6.07) is 1.20. The van der Waals surface area contributed by atoms with Crippen molar-refractivity contribution in [2.75, 3.05) is 13.2 Å². The molecule has 3 nitrogen and oxygen atoms in total. The maximum Gasteiger partial charge on any atom is 0.0684 e. The molecule has 3 fully saturated rings. The lowest BCUT2D eigenvalue weighted by Gasteiger charge is -2.63. The lowest BCUT2D eigenvalue weighted by Crippen LogP contribution is -2.74. The summed E-state index contributed by atoms with van der Waals surface area (Å²) in [5, 5.41) is 3.96. The van der Waals surface area contributed by atoms with Crippen molar-refractivity contribution in [1.82, 2.24) is 5.32 Å². The summed E-state index contributed by atoms with van der Waals surface area (Å²) in [5.74, 6) is 0.723. The van der Waals surface area contributed by atoms with E-state index >= 15 is 0 Å². The van der Waals surface area contributed by atoms with Crippen molar-refractivity contribution in [2.45, 2.75) is 78.2 Å². The van der Waals surface area contributed by atoms with E-state index in [1.54, 1.807) is 0 Å². The molecule has 3 aliphatic rings. The zero-order valence-corrected chi connectivity index (χ0v) is 13.7. The van der Waals surface area contributed by atoms with Crippen LogP contribution in [0.4, 0.5) is 0 Å². The van der Waals surface area contributed by atoms with E-state index in [4.69, 9.17) is 9.47 Å². The number of rotatable bonds is 4. The second-order valence-electron chi connectivity index (χ2n) is 8.12. The minimum Gasteiger partial charge on any atom is -0.378 e. The highest BCUT2D eigenvalue weighted by Crippen LogP contribution is 2.53. The summed E-state index contributed by atoms with van der Waals surface area (Å²) in [6.07, 6.45) is 4.61. The Morgan fingerprint density at radius 1 is 1.20 bits per heavy atom. The summed E-state index contributed by atoms with van der Waals surface area (Å²) in [7, 11) is 0. The molecule has 2 aliphatic carbocycles. The van der Waals surface area contributed by atoms with Crippen LogP contribution in [0.25, 0.3) is 0 Å². The van der Waals surface area contributed by atoms with Gasteiger partial charge < -0.3 is 14.8 Å². The molecule has 116 valence electrons. The van der Waals surface area contributed by atoms with Crippen LogP contribution in [0.3, 0.4) is 0 Å². The summed E-state index contributed by atoms with van der Waals surface area (Å²) in [5.41, 5.74) is 0.532. The molecule has 0 radical (unpaired) electrons. The Kier molecular flexibility index (Phi) is 3.67. The third-order valence-electron chi connectivity index (χ3n) is 6.26. The molecule has 1 heterocycles. The minimum atomic E-state index is 0.257. The fourth-order valence-corrected chi connectivity index (χ4v) is 4.73. The SMILES string of the molecule is CCOC1CC(NC2C3CCCOC3C2(C)C)C1(C)C. The number of hydrogen-bond donors (Lipinski definition) is 1. The fourth-order valence-electron chi connectivity index (χ4n) is 4.73. The second kappa shape index (κ2) is 4.96. The third kappa shape index (κ3) is 2.05. The monoisotopic (exact) mass is 281 g/mol. The van der Waals surface area contributed by atoms with Gasteiger partial charge in [0.25, 0.3) is 0 Å². The molecule has 0 amide bonds. The van der Waals surface area contributed by atoms with Crippen LogP contribution in [-0.4, -0.2) is 37.5 Å². The van der Waals surface area contributed by atoms with Crippen LogP contribution >= 0.6 is 0 Å². The van der Waals surface area contributed by atoms with E-state index in [2.05, 4.69) is 39.9 Å². The van der Waals surface area contributed by atoms with E-state index in [1.165, 1.54) is 12.8 Å². The van der Waals surface area contributed by atoms with Gasteiger partial charge in [0.15, 0.2) is 0 Å². The van der Waals surface area contributed by atoms with Gasteiger partial charge in [-0.1, -0.05) is 27.7 Å². The quantitative estimate of drug-likeness (QED) is 0.859. The largest absolute Gasteiger partial charge is 0.378 e. The number of nitrogens with one attached hydrogen (secondary N) is 1. The predicted molar refractivity (Wildman–Crippen MR) is 80.8 cm³/mol. The van der Waals surface area contributed by atoms with Gasteiger partial charge in [-0.2, -0.15) is 0 Å². The highest BCUT2D eigenvalue weighted by molar-refractivity contribution is 5.14.